The first-order chi connectivity index (χ1) is 31.7. The van der Waals surface area contributed by atoms with Gasteiger partial charge in [0.05, 0.1) is 0 Å². The van der Waals surface area contributed by atoms with Crippen LogP contribution in [0.4, 0.5) is 0 Å². The number of halogens is 2. The molecule has 12 aromatic rings. The Balaban J connectivity index is 0.000000159. The number of benzene rings is 8. The Morgan fingerprint density at radius 1 is 0.227 bits per heavy atom. The molecule has 0 saturated carbocycles. The van der Waals surface area contributed by atoms with E-state index < -0.39 is 0 Å². The van der Waals surface area contributed by atoms with Gasteiger partial charge in [0.2, 0.25) is 0 Å². The molecule has 0 aliphatic rings. The summed E-state index contributed by atoms with van der Waals surface area (Å²) < 4.78 is 0. The van der Waals surface area contributed by atoms with Crippen molar-refractivity contribution in [2.24, 2.45) is 0 Å². The van der Waals surface area contributed by atoms with Crippen molar-refractivity contribution in [3.8, 4) is 44.5 Å². The van der Waals surface area contributed by atoms with E-state index in [4.69, 9.17) is 0 Å². The summed E-state index contributed by atoms with van der Waals surface area (Å²) in [4.78, 5) is 6.50. The molecule has 66 heavy (non-hydrogen) atoms. The van der Waals surface area contributed by atoms with Crippen molar-refractivity contribution in [3.63, 3.8) is 0 Å². The molecule has 0 heterocycles. The van der Waals surface area contributed by atoms with E-state index in [1.54, 1.807) is 39.9 Å². The van der Waals surface area contributed by atoms with Crippen LogP contribution in [0.3, 0.4) is 0 Å². The maximum Gasteiger partial charge on any atom is -0.0635 e. The van der Waals surface area contributed by atoms with E-state index in [0.717, 1.165) is 0 Å². The molecule has 0 N–H and O–H groups in total. The Hall–Kier alpha value is -6.05. The van der Waals surface area contributed by atoms with E-state index in [1.165, 1.54) is 87.6 Å². The molecule has 0 fully saturated rings. The van der Waals surface area contributed by atoms with Gasteiger partial charge in [-0.05, 0) is 0 Å². The smallest absolute Gasteiger partial charge is 0.0635 e. The molecule has 0 nitrogen and oxygen atoms in total. The fourth-order valence-corrected chi connectivity index (χ4v) is 7.79. The van der Waals surface area contributed by atoms with Crippen molar-refractivity contribution in [1.82, 2.24) is 0 Å². The van der Waals surface area contributed by atoms with Crippen LogP contribution in [0.2, 0.25) is 0 Å². The molecule has 12 rings (SSSR count). The molecule has 4 heteroatoms. The van der Waals surface area contributed by atoms with Crippen molar-refractivity contribution in [1.29, 1.82) is 0 Å². The molecule has 0 aliphatic carbocycles. The van der Waals surface area contributed by atoms with Gasteiger partial charge in [-0.1, -0.05) is 216 Å². The van der Waals surface area contributed by atoms with Gasteiger partial charge in [0.1, 0.15) is 0 Å². The fourth-order valence-electron chi connectivity index (χ4n) is 7.79. The second-order valence-corrected chi connectivity index (χ2v) is 15.0. The summed E-state index contributed by atoms with van der Waals surface area (Å²) in [7, 11) is 0. The Kier molecular flexibility index (Phi) is 20.7. The predicted octanol–water partition coefficient (Wildman–Crippen LogP) is 10.8. The number of hydrogen-bond acceptors (Lipinski definition) is 0. The minimum absolute atomic E-state index is 0. The van der Waals surface area contributed by atoms with Gasteiger partial charge in [-0.25, -0.2) is 0 Å². The van der Waals surface area contributed by atoms with Gasteiger partial charge < -0.3 is 24.8 Å². The SMILES string of the molecule is [CH2]=[Ti+2].[CH2]=[Ti+2].[Cl-].[Cl-].c1ccc(-c2cc3ccccc3[cH-]2)cc1.c1ccc(-c2cc3ccccc3[cH-]2)cc1.c1ccc(-c2cc3ccccc3[cH-]2)cc1.c1ccc(-c2cc3ccccc3[cH-]2)cc1. The van der Waals surface area contributed by atoms with E-state index in [1.807, 2.05) is 24.3 Å². The second kappa shape index (κ2) is 26.8. The van der Waals surface area contributed by atoms with Crippen LogP contribution in [0.5, 0.6) is 0 Å². The minimum Gasteiger partial charge on any atom is -1.00 e. The second-order valence-electron chi connectivity index (χ2n) is 15.0. The van der Waals surface area contributed by atoms with Gasteiger partial charge >= 0.3 is 49.6 Å². The van der Waals surface area contributed by atoms with Gasteiger partial charge in [0.25, 0.3) is 0 Å². The summed E-state index contributed by atoms with van der Waals surface area (Å²) in [5, 5.41) is 10.5. The van der Waals surface area contributed by atoms with Crippen LogP contribution in [0, 0.1) is 0 Å². The first-order valence-electron chi connectivity index (χ1n) is 21.3. The van der Waals surface area contributed by atoms with E-state index in [2.05, 4.69) is 252 Å². The summed E-state index contributed by atoms with van der Waals surface area (Å²) in [5.74, 6) is 0. The first kappa shape index (κ1) is 50.9. The molecule has 0 aliphatic heterocycles. The van der Waals surface area contributed by atoms with Crippen LogP contribution >= 0.6 is 0 Å². The van der Waals surface area contributed by atoms with E-state index in [9.17, 15) is 0 Å². The Morgan fingerprint density at radius 3 is 0.576 bits per heavy atom. The van der Waals surface area contributed by atoms with Crippen molar-refractivity contribution in [2.75, 3.05) is 0 Å². The summed E-state index contributed by atoms with van der Waals surface area (Å²) >= 11 is 3.50. The molecule has 12 aromatic carbocycles. The molecule has 0 bridgehead atoms. The van der Waals surface area contributed by atoms with Gasteiger partial charge in [-0.15, -0.1) is 138 Å². The number of rotatable bonds is 4. The third-order valence-corrected chi connectivity index (χ3v) is 10.9. The molecule has 0 amide bonds. The van der Waals surface area contributed by atoms with Crippen LogP contribution in [0.25, 0.3) is 87.6 Å². The molecule has 0 aromatic heterocycles. The Labute approximate surface area is 425 Å². The molecule has 320 valence electrons. The standard InChI is InChI=1S/4C15H11.2CH2.2ClH.2Ti/c4*1-2-6-12(7-3-1)15-10-13-8-4-5-9-14(13)11-15;;;;;;/h4*1-11H;2*1H2;2*1H;;/q4*-1;;;;;2*+2/p-2. The molecular formula is C62H48Cl2Ti2-2. The fraction of sp³-hybridized carbons (Fsp3) is 0. The van der Waals surface area contributed by atoms with Crippen molar-refractivity contribution < 1.29 is 64.8 Å². The zero-order chi connectivity index (χ0) is 44.4. The maximum atomic E-state index is 3.25. The van der Waals surface area contributed by atoms with Gasteiger partial charge in [0.15, 0.2) is 0 Å². The predicted molar refractivity (Wildman–Crippen MR) is 274 cm³/mol. The largest absolute Gasteiger partial charge is 1.00 e. The van der Waals surface area contributed by atoms with E-state index in [0.29, 0.717) is 0 Å². The Bertz CT molecular complexity index is 2660. The van der Waals surface area contributed by atoms with E-state index >= 15 is 0 Å². The number of hydrogen-bond donors (Lipinski definition) is 0. The van der Waals surface area contributed by atoms with Gasteiger partial charge in [0, 0.05) is 0 Å². The zero-order valence-corrected chi connectivity index (χ0v) is 41.2. The van der Waals surface area contributed by atoms with Crippen molar-refractivity contribution >= 4 is 52.7 Å². The van der Waals surface area contributed by atoms with Gasteiger partial charge in [-0.2, -0.15) is 0 Å². The molecule has 0 unspecified atom stereocenters. The normalized spacial score (nSPS) is 9.88. The van der Waals surface area contributed by atoms with Crippen molar-refractivity contribution in [2.45, 2.75) is 0 Å². The van der Waals surface area contributed by atoms with Crippen LogP contribution in [-0.4, -0.2) is 9.63 Å². The molecule has 0 radical (unpaired) electrons. The molecule has 0 saturated heterocycles. The van der Waals surface area contributed by atoms with Crippen LogP contribution in [-0.2, 0) is 39.9 Å². The quantitative estimate of drug-likeness (QED) is 0.122. The number of fused-ring (bicyclic) bond motifs is 4. The summed E-state index contributed by atoms with van der Waals surface area (Å²) in [5.41, 5.74) is 10.4. The summed E-state index contributed by atoms with van der Waals surface area (Å²) in [6.07, 6.45) is 0. The van der Waals surface area contributed by atoms with E-state index in [-0.39, 0.29) is 24.8 Å². The maximum absolute atomic E-state index is 3.25. The van der Waals surface area contributed by atoms with Crippen molar-refractivity contribution in [3.05, 3.63) is 267 Å². The third-order valence-electron chi connectivity index (χ3n) is 10.9. The third kappa shape index (κ3) is 13.5. The summed E-state index contributed by atoms with van der Waals surface area (Å²) in [6, 6.07) is 93.8. The van der Waals surface area contributed by atoms with Gasteiger partial charge in [-0.3, -0.25) is 0 Å². The average Bonchev–Trinajstić information content (AvgIpc) is 4.22. The summed E-state index contributed by atoms with van der Waals surface area (Å²) in [6.45, 7) is 0. The minimum atomic E-state index is 0. The molecule has 0 spiro atoms. The zero-order valence-electron chi connectivity index (χ0n) is 36.6. The Morgan fingerprint density at radius 2 is 0.394 bits per heavy atom. The topological polar surface area (TPSA) is 0 Å². The molecular weight excluding hydrogens is 911 g/mol. The molecule has 0 atom stereocenters. The van der Waals surface area contributed by atoms with Crippen LogP contribution < -0.4 is 24.8 Å². The van der Waals surface area contributed by atoms with Crippen LogP contribution in [0.1, 0.15) is 0 Å². The average molecular weight is 960 g/mol. The van der Waals surface area contributed by atoms with Crippen LogP contribution in [0.15, 0.2) is 267 Å². The monoisotopic (exact) mass is 958 g/mol. The first-order valence-corrected chi connectivity index (χ1v) is 23.5.